The number of hydrogen-bond acceptors (Lipinski definition) is 14. The van der Waals surface area contributed by atoms with Gasteiger partial charge >= 0.3 is 5.97 Å². The Morgan fingerprint density at radius 1 is 0.967 bits per heavy atom. The first-order chi connectivity index (χ1) is 28.9. The summed E-state index contributed by atoms with van der Waals surface area (Å²) >= 11 is 3.84. The van der Waals surface area contributed by atoms with Gasteiger partial charge in [-0.15, -0.1) is 0 Å². The number of unbranched alkanes of at least 4 members (excludes halogenated alkanes) is 4. The maximum absolute atomic E-state index is 13.8. The minimum Gasteiger partial charge on any atom is -0.480 e. The van der Waals surface area contributed by atoms with E-state index in [1.807, 2.05) is 0 Å². The molecular weight excluding hydrogens is 827 g/mol. The van der Waals surface area contributed by atoms with Crippen molar-refractivity contribution in [1.82, 2.24) is 31.6 Å². The number of ketones is 2. The van der Waals surface area contributed by atoms with Crippen LogP contribution in [0.3, 0.4) is 0 Å². The largest absolute Gasteiger partial charge is 0.480 e. The molecule has 0 spiro atoms. The van der Waals surface area contributed by atoms with Gasteiger partial charge in [0.1, 0.15) is 30.5 Å². The molecule has 0 bridgehead atoms. The van der Waals surface area contributed by atoms with Gasteiger partial charge in [0.2, 0.25) is 29.6 Å². The molecule has 1 aromatic rings. The second kappa shape index (κ2) is 26.6. The second-order valence-corrected chi connectivity index (χ2v) is 15.0. The number of carboxylic acid groups (broad SMARTS) is 1. The number of pyridine rings is 1. The average Bonchev–Trinajstić information content (AvgIpc) is 3.56. The second-order valence-electron chi connectivity index (χ2n) is 14.6. The third-order valence-corrected chi connectivity index (χ3v) is 10.1. The number of rotatable bonds is 29. The molecule has 19 nitrogen and oxygen atoms in total. The van der Waals surface area contributed by atoms with Crippen molar-refractivity contribution < 1.29 is 61.8 Å². The summed E-state index contributed by atoms with van der Waals surface area (Å²) in [5.41, 5.74) is 6.41. The summed E-state index contributed by atoms with van der Waals surface area (Å²) in [6.07, 6.45) is 3.86. The number of nitrogens with one attached hydrogen (secondary N) is 5. The van der Waals surface area contributed by atoms with Gasteiger partial charge in [0, 0.05) is 80.7 Å². The highest BCUT2D eigenvalue weighted by atomic mass is 32.1. The molecule has 1 aromatic heterocycles. The van der Waals surface area contributed by atoms with Crippen molar-refractivity contribution in [2.24, 2.45) is 17.6 Å². The van der Waals surface area contributed by atoms with Crippen LogP contribution in [0.1, 0.15) is 93.6 Å². The fourth-order valence-corrected chi connectivity index (χ4v) is 6.48. The van der Waals surface area contributed by atoms with Gasteiger partial charge in [-0.2, -0.15) is 17.9 Å². The van der Waals surface area contributed by atoms with Crippen molar-refractivity contribution in [1.29, 1.82) is 5.26 Å². The molecule has 0 aromatic carbocycles. The number of nitrogens with zero attached hydrogens (tertiary/aromatic N) is 2. The zero-order valence-electron chi connectivity index (χ0n) is 33.8. The first kappa shape index (κ1) is 51.6. The van der Waals surface area contributed by atoms with E-state index in [2.05, 4.69) is 48.9 Å². The minimum atomic E-state index is -3.12. The number of hydrogen-bond donors (Lipinski definition) is 8. The number of nitriles is 1. The van der Waals surface area contributed by atoms with E-state index in [0.717, 1.165) is 12.8 Å². The van der Waals surface area contributed by atoms with Gasteiger partial charge in [0.25, 0.3) is 12.4 Å². The van der Waals surface area contributed by atoms with Crippen LogP contribution in [-0.4, -0.2) is 119 Å². The lowest BCUT2D eigenvalue weighted by Crippen LogP contribution is -2.57. The van der Waals surface area contributed by atoms with Crippen LogP contribution < -0.4 is 32.3 Å². The van der Waals surface area contributed by atoms with Crippen LogP contribution in [-0.2, 0) is 49.5 Å². The van der Waals surface area contributed by atoms with Crippen molar-refractivity contribution in [2.75, 3.05) is 25.4 Å². The molecular formula is C39H54F2N8O11S. The Kier molecular flexibility index (Phi) is 22.5. The highest BCUT2D eigenvalue weighted by Crippen LogP contribution is 2.43. The van der Waals surface area contributed by atoms with Crippen molar-refractivity contribution in [3.63, 3.8) is 0 Å². The Morgan fingerprint density at radius 2 is 1.64 bits per heavy atom. The van der Waals surface area contributed by atoms with Crippen LogP contribution in [0.15, 0.2) is 18.3 Å². The molecule has 22 heteroatoms. The standard InChI is InChI=1S/C39H54F2N8O11S/c1-23(34(54)28-17-39(40,41)16-25(28)18-42)47-35(55)24-12-14-44-26(15-24)8-9-27(51)10-11-33(53)45-13-6-4-2-3-5-7-32(52)46-19-29(43)36(56)48-30(20-60-22-50)37(57)49-31(21-61)38(58)59/h12,14-15,22-23,25,28-31,61H,2-11,13,16-17,19-21,43H2,1H3,(H,45,53)(H,46,52)(H,47,55)(H,48,56)(H,49,57)(H,58,59)/t23-,25+,28?,29?,30?,31?/m1/s1. The van der Waals surface area contributed by atoms with Crippen LogP contribution in [0.4, 0.5) is 8.78 Å². The maximum Gasteiger partial charge on any atom is 0.327 e. The van der Waals surface area contributed by atoms with E-state index < -0.39 is 90.8 Å². The number of aromatic nitrogens is 1. The number of thiol groups is 1. The smallest absolute Gasteiger partial charge is 0.327 e. The molecule has 1 aliphatic rings. The maximum atomic E-state index is 13.8. The van der Waals surface area contributed by atoms with Gasteiger partial charge in [0.05, 0.1) is 18.0 Å². The van der Waals surface area contributed by atoms with Gasteiger partial charge in [-0.05, 0) is 38.3 Å². The molecule has 2 rings (SSSR count). The van der Waals surface area contributed by atoms with Gasteiger partial charge < -0.3 is 42.2 Å². The Morgan fingerprint density at radius 3 is 2.31 bits per heavy atom. The average molecular weight is 881 g/mol. The SMILES string of the molecule is C[C@@H](NC(=O)c1ccnc(CCC(=O)CCC(=O)NCCCCCCCC(=O)NCC(N)C(=O)NC(COC=O)C(=O)NC(CS)C(=O)O)c1)C(=O)C1CC(F)(F)C[C@H]1C#N. The van der Waals surface area contributed by atoms with Crippen LogP contribution >= 0.6 is 12.6 Å². The third kappa shape index (κ3) is 19.1. The minimum absolute atomic E-state index is 0.00520. The van der Waals surface area contributed by atoms with Crippen molar-refractivity contribution >= 4 is 66.2 Å². The highest BCUT2D eigenvalue weighted by molar-refractivity contribution is 7.80. The van der Waals surface area contributed by atoms with Gasteiger partial charge in [-0.1, -0.05) is 19.3 Å². The van der Waals surface area contributed by atoms with E-state index in [1.165, 1.54) is 25.3 Å². The number of carbonyl (C=O) groups excluding carboxylic acids is 8. The van der Waals surface area contributed by atoms with Crippen molar-refractivity contribution in [3.8, 4) is 6.07 Å². The molecule has 0 saturated heterocycles. The summed E-state index contributed by atoms with van der Waals surface area (Å²) in [6, 6.07) is -0.545. The Balaban J connectivity index is 1.58. The summed E-state index contributed by atoms with van der Waals surface area (Å²) in [7, 11) is 0. The molecule has 336 valence electrons. The number of amides is 5. The molecule has 0 aliphatic heterocycles. The molecule has 1 heterocycles. The monoisotopic (exact) mass is 880 g/mol. The Hall–Kier alpha value is -5.56. The predicted octanol–water partition coefficient (Wildman–Crippen LogP) is 0.293. The molecule has 61 heavy (non-hydrogen) atoms. The molecule has 6 atom stereocenters. The molecule has 4 unspecified atom stereocenters. The lowest BCUT2D eigenvalue weighted by molar-refractivity contribution is -0.142. The van der Waals surface area contributed by atoms with Crippen molar-refractivity contribution in [3.05, 3.63) is 29.6 Å². The number of nitrogens with two attached hydrogens (primary N) is 1. The number of halogens is 2. The third-order valence-electron chi connectivity index (χ3n) is 9.72. The number of aryl methyl sites for hydroxylation is 1. The van der Waals surface area contributed by atoms with Gasteiger partial charge in [-0.25, -0.2) is 13.6 Å². The van der Waals surface area contributed by atoms with Gasteiger partial charge in [0.15, 0.2) is 5.78 Å². The lowest BCUT2D eigenvalue weighted by atomic mass is 9.89. The van der Waals surface area contributed by atoms with E-state index >= 15 is 0 Å². The summed E-state index contributed by atoms with van der Waals surface area (Å²) < 4.78 is 32.2. The zero-order chi connectivity index (χ0) is 45.5. The molecule has 1 saturated carbocycles. The predicted molar refractivity (Wildman–Crippen MR) is 215 cm³/mol. The first-order valence-electron chi connectivity index (χ1n) is 19.8. The molecule has 5 amide bonds. The molecule has 0 radical (unpaired) electrons. The van der Waals surface area contributed by atoms with E-state index in [0.29, 0.717) is 31.5 Å². The number of carboxylic acids is 1. The Bertz CT molecular complexity index is 1770. The highest BCUT2D eigenvalue weighted by Gasteiger charge is 2.50. The van der Waals surface area contributed by atoms with E-state index in [4.69, 9.17) is 10.8 Å². The molecule has 1 fully saturated rings. The molecule has 8 N–H and O–H groups in total. The normalized spacial score (nSPS) is 17.2. The number of ether oxygens (including phenoxy) is 1. The fraction of sp³-hybridized carbons (Fsp3) is 0.615. The van der Waals surface area contributed by atoms with Gasteiger partial charge in [-0.3, -0.25) is 43.3 Å². The van der Waals surface area contributed by atoms with E-state index in [1.54, 1.807) is 6.07 Å². The van der Waals surface area contributed by atoms with Crippen LogP contribution in [0.2, 0.25) is 0 Å². The van der Waals surface area contributed by atoms with Crippen molar-refractivity contribution in [2.45, 2.75) is 114 Å². The number of alkyl halides is 2. The zero-order valence-corrected chi connectivity index (χ0v) is 34.7. The summed E-state index contributed by atoms with van der Waals surface area (Å²) in [6.45, 7) is 0.984. The van der Waals surface area contributed by atoms with E-state index in [9.17, 15) is 57.2 Å². The quantitative estimate of drug-likeness (QED) is 0.0305. The van der Waals surface area contributed by atoms with E-state index in [-0.39, 0.29) is 74.0 Å². The Labute approximate surface area is 356 Å². The summed E-state index contributed by atoms with van der Waals surface area (Å²) in [5, 5.41) is 30.5. The lowest BCUT2D eigenvalue weighted by Gasteiger charge is -2.21. The summed E-state index contributed by atoms with van der Waals surface area (Å²) in [5.74, 6) is -10.9. The summed E-state index contributed by atoms with van der Waals surface area (Å²) in [4.78, 5) is 113. The fourth-order valence-electron chi connectivity index (χ4n) is 6.24. The first-order valence-corrected chi connectivity index (χ1v) is 20.4. The number of Topliss-reactive ketones (excluding diaryl/α,β-unsaturated/α-hetero) is 2. The van der Waals surface area contributed by atoms with Crippen LogP contribution in [0.5, 0.6) is 0 Å². The number of aliphatic carboxylic acids is 1. The van der Waals surface area contributed by atoms with Crippen LogP contribution in [0.25, 0.3) is 0 Å². The molecule has 1 aliphatic carbocycles. The number of carbonyl (C=O) groups is 9. The topological polar surface area (TPSA) is 306 Å². The van der Waals surface area contributed by atoms with Crippen LogP contribution in [0, 0.1) is 23.2 Å².